The monoisotopic (exact) mass is 258 g/mol. The summed E-state index contributed by atoms with van der Waals surface area (Å²) in [6.07, 6.45) is 5.89. The molecule has 4 nitrogen and oxygen atoms in total. The van der Waals surface area contributed by atoms with E-state index in [1.807, 2.05) is 6.92 Å². The molecule has 1 aromatic rings. The third-order valence-electron chi connectivity index (χ3n) is 3.58. The smallest absolute Gasteiger partial charge is 0.154 e. The molecule has 100 valence electrons. The highest BCUT2D eigenvalue weighted by molar-refractivity contribution is 5.88. The van der Waals surface area contributed by atoms with E-state index in [2.05, 4.69) is 11.1 Å². The lowest BCUT2D eigenvalue weighted by atomic mass is 9.77. The molecule has 0 N–H and O–H groups in total. The van der Waals surface area contributed by atoms with Crippen molar-refractivity contribution in [2.45, 2.75) is 38.2 Å². The second kappa shape index (κ2) is 6.44. The summed E-state index contributed by atoms with van der Waals surface area (Å²) in [6.45, 7) is 2.71. The van der Waals surface area contributed by atoms with Gasteiger partial charge in [-0.2, -0.15) is 5.26 Å². The van der Waals surface area contributed by atoms with Crippen molar-refractivity contribution in [3.05, 3.63) is 30.1 Å². The third-order valence-corrected chi connectivity index (χ3v) is 3.58. The van der Waals surface area contributed by atoms with Crippen LogP contribution < -0.4 is 0 Å². The van der Waals surface area contributed by atoms with E-state index in [4.69, 9.17) is 4.74 Å². The molecule has 0 amide bonds. The van der Waals surface area contributed by atoms with E-state index in [1.165, 1.54) is 0 Å². The lowest BCUT2D eigenvalue weighted by Gasteiger charge is -2.34. The summed E-state index contributed by atoms with van der Waals surface area (Å²) >= 11 is 0. The Kier molecular flexibility index (Phi) is 4.64. The van der Waals surface area contributed by atoms with Crippen LogP contribution in [0.1, 0.15) is 37.7 Å². The standard InChI is InChI=1S/C15H18N2O2/c1-2-19-13-7-11(8-13)9-15(18)14(10-16)12-3-5-17-6-4-12/h3-6,11,13-14H,2,7-9H2,1H3. The number of Topliss-reactive ketones (excluding diaryl/α,β-unsaturated/α-hetero) is 1. The van der Waals surface area contributed by atoms with E-state index < -0.39 is 5.92 Å². The lowest BCUT2D eigenvalue weighted by Crippen LogP contribution is -2.33. The van der Waals surface area contributed by atoms with Crippen LogP contribution in [0.15, 0.2) is 24.5 Å². The molecule has 2 rings (SSSR count). The first-order valence-corrected chi connectivity index (χ1v) is 6.68. The van der Waals surface area contributed by atoms with Gasteiger partial charge in [-0.15, -0.1) is 0 Å². The topological polar surface area (TPSA) is 63.0 Å². The van der Waals surface area contributed by atoms with Gasteiger partial charge in [-0.1, -0.05) is 0 Å². The van der Waals surface area contributed by atoms with Crippen molar-refractivity contribution in [2.24, 2.45) is 5.92 Å². The molecule has 1 aliphatic rings. The minimum atomic E-state index is -0.658. The number of nitriles is 1. The minimum absolute atomic E-state index is 0.00801. The molecule has 1 aliphatic carbocycles. The Balaban J connectivity index is 1.88. The number of nitrogens with zero attached hydrogens (tertiary/aromatic N) is 2. The van der Waals surface area contributed by atoms with Crippen LogP contribution in [-0.2, 0) is 9.53 Å². The van der Waals surface area contributed by atoms with Gasteiger partial charge < -0.3 is 4.74 Å². The fourth-order valence-corrected chi connectivity index (χ4v) is 2.50. The molecule has 19 heavy (non-hydrogen) atoms. The zero-order valence-electron chi connectivity index (χ0n) is 11.1. The van der Waals surface area contributed by atoms with Crippen molar-refractivity contribution in [3.63, 3.8) is 0 Å². The zero-order valence-corrected chi connectivity index (χ0v) is 11.1. The average molecular weight is 258 g/mol. The van der Waals surface area contributed by atoms with Crippen molar-refractivity contribution in [3.8, 4) is 6.07 Å². The van der Waals surface area contributed by atoms with Gasteiger partial charge in [-0.05, 0) is 43.4 Å². The molecule has 4 heteroatoms. The molecule has 0 aromatic carbocycles. The summed E-state index contributed by atoms with van der Waals surface area (Å²) in [7, 11) is 0. The normalized spacial score (nSPS) is 23.2. The molecular weight excluding hydrogens is 240 g/mol. The van der Waals surface area contributed by atoms with Crippen molar-refractivity contribution in [1.82, 2.24) is 4.98 Å². The maximum absolute atomic E-state index is 12.2. The number of hydrogen-bond donors (Lipinski definition) is 0. The highest BCUT2D eigenvalue weighted by Gasteiger charge is 2.33. The molecule has 1 fully saturated rings. The van der Waals surface area contributed by atoms with Crippen molar-refractivity contribution >= 4 is 5.78 Å². The number of pyridine rings is 1. The quantitative estimate of drug-likeness (QED) is 0.786. The zero-order chi connectivity index (χ0) is 13.7. The molecule has 0 bridgehead atoms. The fraction of sp³-hybridized carbons (Fsp3) is 0.533. The Morgan fingerprint density at radius 1 is 1.53 bits per heavy atom. The van der Waals surface area contributed by atoms with Gasteiger partial charge >= 0.3 is 0 Å². The highest BCUT2D eigenvalue weighted by Crippen LogP contribution is 2.34. The molecular formula is C15H18N2O2. The lowest BCUT2D eigenvalue weighted by molar-refractivity contribution is -0.122. The summed E-state index contributed by atoms with van der Waals surface area (Å²) < 4.78 is 5.48. The molecule has 1 aromatic heterocycles. The van der Waals surface area contributed by atoms with E-state index in [-0.39, 0.29) is 5.78 Å². The first-order valence-electron chi connectivity index (χ1n) is 6.68. The summed E-state index contributed by atoms with van der Waals surface area (Å²) in [6, 6.07) is 5.56. The first kappa shape index (κ1) is 13.7. The van der Waals surface area contributed by atoms with Crippen LogP contribution in [0, 0.1) is 17.2 Å². The fourth-order valence-electron chi connectivity index (χ4n) is 2.50. The van der Waals surface area contributed by atoms with Gasteiger partial charge in [0.15, 0.2) is 5.78 Å². The predicted molar refractivity (Wildman–Crippen MR) is 70.4 cm³/mol. The molecule has 0 saturated heterocycles. The summed E-state index contributed by atoms with van der Waals surface area (Å²) in [5.74, 6) is -0.274. The van der Waals surface area contributed by atoms with Crippen molar-refractivity contribution < 1.29 is 9.53 Å². The first-order chi connectivity index (χ1) is 9.24. The molecule has 1 unspecified atom stereocenters. The van der Waals surface area contributed by atoms with Gasteiger partial charge in [-0.25, -0.2) is 0 Å². The molecule has 0 spiro atoms. The number of carbonyl (C=O) groups is 1. The number of ketones is 1. The van der Waals surface area contributed by atoms with E-state index >= 15 is 0 Å². The van der Waals surface area contributed by atoms with E-state index in [0.717, 1.165) is 25.0 Å². The molecule has 1 saturated carbocycles. The Morgan fingerprint density at radius 3 is 2.79 bits per heavy atom. The highest BCUT2D eigenvalue weighted by atomic mass is 16.5. The van der Waals surface area contributed by atoms with Crippen LogP contribution in [0.3, 0.4) is 0 Å². The summed E-state index contributed by atoms with van der Waals surface area (Å²) in [4.78, 5) is 16.1. The second-order valence-electron chi connectivity index (χ2n) is 4.93. The predicted octanol–water partition coefficient (Wildman–Crippen LogP) is 2.46. The molecule has 0 radical (unpaired) electrons. The number of hydrogen-bond acceptors (Lipinski definition) is 4. The number of aromatic nitrogens is 1. The second-order valence-corrected chi connectivity index (χ2v) is 4.93. The van der Waals surface area contributed by atoms with Crippen LogP contribution in [0.2, 0.25) is 0 Å². The van der Waals surface area contributed by atoms with Crippen molar-refractivity contribution in [1.29, 1.82) is 5.26 Å². The SMILES string of the molecule is CCOC1CC(CC(=O)C(C#N)c2ccncc2)C1. The maximum atomic E-state index is 12.2. The van der Waals surface area contributed by atoms with E-state index in [0.29, 0.717) is 18.4 Å². The van der Waals surface area contributed by atoms with Crippen LogP contribution in [0.5, 0.6) is 0 Å². The molecule has 1 atom stereocenters. The minimum Gasteiger partial charge on any atom is -0.378 e. The number of carbonyl (C=O) groups excluding carboxylic acids is 1. The van der Waals surface area contributed by atoms with Gasteiger partial charge in [0.2, 0.25) is 0 Å². The largest absolute Gasteiger partial charge is 0.378 e. The van der Waals surface area contributed by atoms with Crippen LogP contribution in [0.25, 0.3) is 0 Å². The number of ether oxygens (including phenoxy) is 1. The molecule has 0 aliphatic heterocycles. The maximum Gasteiger partial charge on any atom is 0.154 e. The van der Waals surface area contributed by atoms with Crippen molar-refractivity contribution in [2.75, 3.05) is 6.61 Å². The molecule has 1 heterocycles. The van der Waals surface area contributed by atoms with Gasteiger partial charge in [0.05, 0.1) is 12.2 Å². The summed E-state index contributed by atoms with van der Waals surface area (Å²) in [5.41, 5.74) is 0.739. The Labute approximate surface area is 113 Å². The summed E-state index contributed by atoms with van der Waals surface area (Å²) in [5, 5.41) is 9.17. The number of rotatable bonds is 6. The van der Waals surface area contributed by atoms with Gasteiger partial charge in [0.1, 0.15) is 5.92 Å². The van der Waals surface area contributed by atoms with Crippen LogP contribution in [0.4, 0.5) is 0 Å². The Hall–Kier alpha value is -1.73. The van der Waals surface area contributed by atoms with Gasteiger partial charge in [-0.3, -0.25) is 9.78 Å². The van der Waals surface area contributed by atoms with Gasteiger partial charge in [0.25, 0.3) is 0 Å². The van der Waals surface area contributed by atoms with E-state index in [9.17, 15) is 10.1 Å². The van der Waals surface area contributed by atoms with Crippen LogP contribution >= 0.6 is 0 Å². The Bertz CT molecular complexity index is 461. The van der Waals surface area contributed by atoms with Gasteiger partial charge in [0, 0.05) is 25.4 Å². The van der Waals surface area contributed by atoms with E-state index in [1.54, 1.807) is 24.5 Å². The van der Waals surface area contributed by atoms with Crippen LogP contribution in [-0.4, -0.2) is 23.5 Å². The third kappa shape index (κ3) is 3.39. The Morgan fingerprint density at radius 2 is 2.21 bits per heavy atom. The average Bonchev–Trinajstić information content (AvgIpc) is 2.38.